The number of anilines is 1. The Bertz CT molecular complexity index is 536. The maximum Gasteiger partial charge on any atom is 0.256 e. The van der Waals surface area contributed by atoms with Crippen molar-refractivity contribution in [2.24, 2.45) is 0 Å². The highest BCUT2D eigenvalue weighted by Gasteiger charge is 2.09. The van der Waals surface area contributed by atoms with Crippen LogP contribution in [0.2, 0.25) is 0 Å². The molecule has 1 aromatic heterocycles. The van der Waals surface area contributed by atoms with Crippen LogP contribution in [-0.4, -0.2) is 16.1 Å². The minimum atomic E-state index is -0.148. The van der Waals surface area contributed by atoms with Crippen LogP contribution in [0.5, 0.6) is 0 Å². The third-order valence-electron chi connectivity index (χ3n) is 2.42. The molecule has 5 heteroatoms. The molecule has 2 aromatic rings. The summed E-state index contributed by atoms with van der Waals surface area (Å²) in [7, 11) is 0. The highest BCUT2D eigenvalue weighted by Crippen LogP contribution is 2.15. The quantitative estimate of drug-likeness (QED) is 0.914. The Hall–Kier alpha value is -1.62. The lowest BCUT2D eigenvalue weighted by Crippen LogP contribution is -2.13. The van der Waals surface area contributed by atoms with E-state index >= 15 is 0 Å². The Morgan fingerprint density at radius 2 is 2.35 bits per heavy atom. The van der Waals surface area contributed by atoms with Gasteiger partial charge in [-0.1, -0.05) is 28.9 Å². The van der Waals surface area contributed by atoms with Crippen molar-refractivity contribution in [1.29, 1.82) is 0 Å². The SMILES string of the molecule is CCc1cn[nH]c1NC(=O)c1cccc(Br)c1. The molecule has 0 bridgehead atoms. The van der Waals surface area contributed by atoms with Crippen LogP contribution in [0, 0.1) is 0 Å². The number of aromatic amines is 1. The Labute approximate surface area is 108 Å². The van der Waals surface area contributed by atoms with Gasteiger partial charge in [0.15, 0.2) is 0 Å². The zero-order valence-corrected chi connectivity index (χ0v) is 10.9. The van der Waals surface area contributed by atoms with Gasteiger partial charge >= 0.3 is 0 Å². The van der Waals surface area contributed by atoms with Crippen LogP contribution in [0.3, 0.4) is 0 Å². The summed E-state index contributed by atoms with van der Waals surface area (Å²) in [5, 5.41) is 9.49. The van der Waals surface area contributed by atoms with Gasteiger partial charge in [-0.2, -0.15) is 5.10 Å². The van der Waals surface area contributed by atoms with Gasteiger partial charge in [0.25, 0.3) is 5.91 Å². The van der Waals surface area contributed by atoms with E-state index in [1.54, 1.807) is 18.3 Å². The summed E-state index contributed by atoms with van der Waals surface area (Å²) in [6.07, 6.45) is 2.54. The van der Waals surface area contributed by atoms with Gasteiger partial charge in [0.05, 0.1) is 6.20 Å². The topological polar surface area (TPSA) is 57.8 Å². The Balaban J connectivity index is 2.17. The van der Waals surface area contributed by atoms with Gasteiger partial charge < -0.3 is 5.32 Å². The number of hydrogen-bond acceptors (Lipinski definition) is 2. The number of amides is 1. The maximum atomic E-state index is 12.0. The molecule has 0 fully saturated rings. The number of benzene rings is 1. The largest absolute Gasteiger partial charge is 0.307 e. The molecule has 0 unspecified atom stereocenters. The molecule has 0 saturated heterocycles. The predicted molar refractivity (Wildman–Crippen MR) is 70.1 cm³/mol. The van der Waals surface area contributed by atoms with Gasteiger partial charge in [-0.05, 0) is 24.6 Å². The molecule has 1 amide bonds. The fourth-order valence-electron chi connectivity index (χ4n) is 1.50. The first-order valence-electron chi connectivity index (χ1n) is 5.30. The molecule has 17 heavy (non-hydrogen) atoms. The van der Waals surface area contributed by atoms with E-state index in [4.69, 9.17) is 0 Å². The summed E-state index contributed by atoms with van der Waals surface area (Å²) in [6, 6.07) is 7.25. The second kappa shape index (κ2) is 5.14. The molecule has 0 aliphatic heterocycles. The smallest absolute Gasteiger partial charge is 0.256 e. The second-order valence-corrected chi connectivity index (χ2v) is 4.50. The first kappa shape index (κ1) is 11.9. The van der Waals surface area contributed by atoms with E-state index in [0.29, 0.717) is 11.4 Å². The van der Waals surface area contributed by atoms with E-state index in [2.05, 4.69) is 31.4 Å². The van der Waals surface area contributed by atoms with Crippen molar-refractivity contribution in [2.45, 2.75) is 13.3 Å². The first-order valence-corrected chi connectivity index (χ1v) is 6.09. The summed E-state index contributed by atoms with van der Waals surface area (Å²) in [6.45, 7) is 2.01. The van der Waals surface area contributed by atoms with Crippen LogP contribution in [0.15, 0.2) is 34.9 Å². The highest BCUT2D eigenvalue weighted by molar-refractivity contribution is 9.10. The van der Waals surface area contributed by atoms with Crippen LogP contribution >= 0.6 is 15.9 Å². The number of aryl methyl sites for hydroxylation is 1. The third-order valence-corrected chi connectivity index (χ3v) is 2.92. The lowest BCUT2D eigenvalue weighted by atomic mass is 10.2. The van der Waals surface area contributed by atoms with Crippen molar-refractivity contribution in [2.75, 3.05) is 5.32 Å². The van der Waals surface area contributed by atoms with Crippen molar-refractivity contribution in [1.82, 2.24) is 10.2 Å². The standard InChI is InChI=1S/C12H12BrN3O/c1-2-8-7-14-16-11(8)15-12(17)9-4-3-5-10(13)6-9/h3-7H,2H2,1H3,(H2,14,15,16,17). The van der Waals surface area contributed by atoms with Gasteiger partial charge in [0, 0.05) is 15.6 Å². The van der Waals surface area contributed by atoms with Gasteiger partial charge in [-0.25, -0.2) is 0 Å². The van der Waals surface area contributed by atoms with Crippen molar-refractivity contribution < 1.29 is 4.79 Å². The Morgan fingerprint density at radius 3 is 3.06 bits per heavy atom. The molecule has 1 aromatic carbocycles. The average Bonchev–Trinajstić information content (AvgIpc) is 2.76. The van der Waals surface area contributed by atoms with Crippen LogP contribution in [-0.2, 0) is 6.42 Å². The third kappa shape index (κ3) is 2.74. The molecule has 0 saturated carbocycles. The molecular weight excluding hydrogens is 282 g/mol. The molecular formula is C12H12BrN3O. The normalized spacial score (nSPS) is 10.2. The van der Waals surface area contributed by atoms with Crippen LogP contribution in [0.25, 0.3) is 0 Å². The first-order chi connectivity index (χ1) is 8.20. The maximum absolute atomic E-state index is 12.0. The Morgan fingerprint density at radius 1 is 1.53 bits per heavy atom. The molecule has 0 radical (unpaired) electrons. The lowest BCUT2D eigenvalue weighted by molar-refractivity contribution is 0.102. The summed E-state index contributed by atoms with van der Waals surface area (Å²) in [5.74, 6) is 0.516. The zero-order chi connectivity index (χ0) is 12.3. The van der Waals surface area contributed by atoms with Gasteiger partial charge in [0.1, 0.15) is 5.82 Å². The lowest BCUT2D eigenvalue weighted by Gasteiger charge is -2.04. The summed E-state index contributed by atoms with van der Waals surface area (Å²) in [4.78, 5) is 12.0. The number of carbonyl (C=O) groups excluding carboxylic acids is 1. The van der Waals surface area contributed by atoms with Gasteiger partial charge in [0.2, 0.25) is 0 Å². The summed E-state index contributed by atoms with van der Waals surface area (Å²) in [5.41, 5.74) is 1.60. The second-order valence-electron chi connectivity index (χ2n) is 3.59. The monoisotopic (exact) mass is 293 g/mol. The number of nitrogens with zero attached hydrogens (tertiary/aromatic N) is 1. The Kier molecular flexibility index (Phi) is 3.58. The number of nitrogens with one attached hydrogen (secondary N) is 2. The number of halogens is 1. The van der Waals surface area contributed by atoms with E-state index < -0.39 is 0 Å². The fraction of sp³-hybridized carbons (Fsp3) is 0.167. The van der Waals surface area contributed by atoms with Gasteiger partial charge in [-0.15, -0.1) is 0 Å². The van der Waals surface area contributed by atoms with E-state index in [1.165, 1.54) is 0 Å². The van der Waals surface area contributed by atoms with E-state index in [1.807, 2.05) is 19.1 Å². The molecule has 0 aliphatic rings. The molecule has 0 atom stereocenters. The van der Waals surface area contributed by atoms with Crippen LogP contribution in [0.1, 0.15) is 22.8 Å². The number of H-pyrrole nitrogens is 1. The average molecular weight is 294 g/mol. The summed E-state index contributed by atoms with van der Waals surface area (Å²) >= 11 is 3.34. The predicted octanol–water partition coefficient (Wildman–Crippen LogP) is 2.99. The molecule has 4 nitrogen and oxygen atoms in total. The minimum absolute atomic E-state index is 0.148. The number of carbonyl (C=O) groups is 1. The van der Waals surface area contributed by atoms with Crippen molar-refractivity contribution in [3.63, 3.8) is 0 Å². The molecule has 0 spiro atoms. The number of rotatable bonds is 3. The number of aromatic nitrogens is 2. The van der Waals surface area contributed by atoms with E-state index in [-0.39, 0.29) is 5.91 Å². The molecule has 0 aliphatic carbocycles. The fourth-order valence-corrected chi connectivity index (χ4v) is 1.90. The van der Waals surface area contributed by atoms with Crippen molar-refractivity contribution in [3.8, 4) is 0 Å². The zero-order valence-electron chi connectivity index (χ0n) is 9.33. The highest BCUT2D eigenvalue weighted by atomic mass is 79.9. The molecule has 88 valence electrons. The summed E-state index contributed by atoms with van der Waals surface area (Å²) < 4.78 is 0.880. The van der Waals surface area contributed by atoms with Crippen LogP contribution < -0.4 is 5.32 Å². The number of hydrogen-bond donors (Lipinski definition) is 2. The van der Waals surface area contributed by atoms with Crippen molar-refractivity contribution >= 4 is 27.7 Å². The van der Waals surface area contributed by atoms with E-state index in [0.717, 1.165) is 16.5 Å². The van der Waals surface area contributed by atoms with Gasteiger partial charge in [-0.3, -0.25) is 9.89 Å². The molecule has 2 N–H and O–H groups in total. The minimum Gasteiger partial charge on any atom is -0.307 e. The molecule has 1 heterocycles. The molecule has 2 rings (SSSR count). The van der Waals surface area contributed by atoms with Crippen LogP contribution in [0.4, 0.5) is 5.82 Å². The van der Waals surface area contributed by atoms with E-state index in [9.17, 15) is 4.79 Å². The van der Waals surface area contributed by atoms with Crippen molar-refractivity contribution in [3.05, 3.63) is 46.1 Å².